The van der Waals surface area contributed by atoms with E-state index in [0.717, 1.165) is 0 Å². The fourth-order valence-electron chi connectivity index (χ4n) is 2.17. The summed E-state index contributed by atoms with van der Waals surface area (Å²) in [6, 6.07) is -1.13. The van der Waals surface area contributed by atoms with Gasteiger partial charge in [0.2, 0.25) is 5.91 Å². The minimum atomic E-state index is -0.989. The molecular weight excluding hydrogens is 270 g/mol. The van der Waals surface area contributed by atoms with Crippen LogP contribution in [-0.2, 0) is 9.59 Å². The monoisotopic (exact) mass is 287 g/mol. The highest BCUT2D eigenvalue weighted by atomic mass is 32.2. The Balaban J connectivity index is 2.06. The molecule has 1 unspecified atom stereocenters. The summed E-state index contributed by atoms with van der Waals surface area (Å²) in [6.45, 7) is 1.14. The summed E-state index contributed by atoms with van der Waals surface area (Å²) < 4.78 is 0. The predicted octanol–water partition coefficient (Wildman–Crippen LogP) is -0.270. The van der Waals surface area contributed by atoms with Crippen LogP contribution in [0.1, 0.15) is 6.42 Å². The lowest BCUT2D eigenvalue weighted by atomic mass is 10.3. The topological polar surface area (TPSA) is 81.2 Å². The van der Waals surface area contributed by atoms with Crippen LogP contribution in [0.25, 0.3) is 0 Å². The maximum absolute atomic E-state index is 12.3. The quantitative estimate of drug-likeness (QED) is 0.718. The Morgan fingerprint density at radius 1 is 1.37 bits per heavy atom. The van der Waals surface area contributed by atoms with Crippen LogP contribution >= 0.6 is 11.8 Å². The molecule has 3 amide bonds. The van der Waals surface area contributed by atoms with Crippen molar-refractivity contribution in [2.24, 2.45) is 0 Å². The van der Waals surface area contributed by atoms with Crippen molar-refractivity contribution in [1.82, 2.24) is 14.7 Å². The first-order valence-electron chi connectivity index (χ1n) is 6.10. The van der Waals surface area contributed by atoms with Gasteiger partial charge in [-0.15, -0.1) is 11.8 Å². The number of hydrogen-bond donors (Lipinski definition) is 1. The molecule has 7 nitrogen and oxygen atoms in total. The second kappa shape index (κ2) is 5.68. The van der Waals surface area contributed by atoms with Crippen LogP contribution < -0.4 is 0 Å². The lowest BCUT2D eigenvalue weighted by Gasteiger charge is -2.28. The molecule has 0 radical (unpaired) electrons. The van der Waals surface area contributed by atoms with Crippen molar-refractivity contribution in [1.29, 1.82) is 0 Å². The largest absolute Gasteiger partial charge is 0.480 e. The Hall–Kier alpha value is -1.44. The number of nitrogens with zero attached hydrogens (tertiary/aromatic N) is 3. The van der Waals surface area contributed by atoms with E-state index in [1.165, 1.54) is 21.6 Å². The number of likely N-dealkylation sites (N-methyl/N-ethyl adjacent to an activating group) is 1. The van der Waals surface area contributed by atoms with Gasteiger partial charge in [0, 0.05) is 25.9 Å². The van der Waals surface area contributed by atoms with E-state index >= 15 is 0 Å². The molecule has 0 aromatic rings. The SMILES string of the molecule is CN1CCCN(C(=O)N2CSCC2C(=O)O)CC1=O. The second-order valence-electron chi connectivity index (χ2n) is 4.70. The Bertz CT molecular complexity index is 403. The number of thioether (sulfide) groups is 1. The van der Waals surface area contributed by atoms with Crippen LogP contribution in [-0.4, -0.2) is 82.1 Å². The summed E-state index contributed by atoms with van der Waals surface area (Å²) >= 11 is 1.42. The van der Waals surface area contributed by atoms with Crippen LogP contribution in [0.3, 0.4) is 0 Å². The van der Waals surface area contributed by atoms with Gasteiger partial charge in [-0.3, -0.25) is 4.79 Å². The van der Waals surface area contributed by atoms with Crippen LogP contribution in [0, 0.1) is 0 Å². The van der Waals surface area contributed by atoms with Crippen molar-refractivity contribution in [3.8, 4) is 0 Å². The fourth-order valence-corrected chi connectivity index (χ4v) is 3.31. The molecule has 106 valence electrons. The number of carboxylic acid groups (broad SMARTS) is 1. The van der Waals surface area contributed by atoms with Crippen molar-refractivity contribution >= 4 is 29.7 Å². The Labute approximate surface area is 115 Å². The normalized spacial score (nSPS) is 24.6. The number of rotatable bonds is 1. The first-order valence-corrected chi connectivity index (χ1v) is 7.26. The number of carbonyl (C=O) groups excluding carboxylic acids is 2. The Kier molecular flexibility index (Phi) is 4.18. The lowest BCUT2D eigenvalue weighted by molar-refractivity contribution is -0.140. The molecule has 2 aliphatic heterocycles. The first kappa shape index (κ1) is 14.0. The molecule has 2 fully saturated rings. The van der Waals surface area contributed by atoms with E-state index in [2.05, 4.69) is 0 Å². The summed E-state index contributed by atoms with van der Waals surface area (Å²) in [5, 5.41) is 9.08. The van der Waals surface area contributed by atoms with Crippen LogP contribution in [0.5, 0.6) is 0 Å². The van der Waals surface area contributed by atoms with Crippen molar-refractivity contribution in [2.45, 2.75) is 12.5 Å². The van der Waals surface area contributed by atoms with Gasteiger partial charge >= 0.3 is 12.0 Å². The molecule has 0 saturated carbocycles. The zero-order valence-corrected chi connectivity index (χ0v) is 11.6. The molecule has 2 heterocycles. The minimum absolute atomic E-state index is 0.0306. The molecule has 0 aromatic carbocycles. The third-order valence-electron chi connectivity index (χ3n) is 3.36. The summed E-state index contributed by atoms with van der Waals surface area (Å²) in [4.78, 5) is 39.5. The van der Waals surface area contributed by atoms with E-state index in [1.807, 2.05) is 0 Å². The summed E-state index contributed by atoms with van der Waals surface area (Å²) in [6.07, 6.45) is 0.715. The van der Waals surface area contributed by atoms with Gasteiger partial charge < -0.3 is 19.8 Å². The highest BCUT2D eigenvalue weighted by Gasteiger charge is 2.37. The van der Waals surface area contributed by atoms with E-state index in [4.69, 9.17) is 5.11 Å². The standard InChI is InChI=1S/C11H17N3O4S/c1-12-3-2-4-13(5-9(12)15)11(18)14-7-19-6-8(14)10(16)17/h8H,2-7H2,1H3,(H,16,17). The molecular formula is C11H17N3O4S. The van der Waals surface area contributed by atoms with Crippen molar-refractivity contribution in [3.05, 3.63) is 0 Å². The van der Waals surface area contributed by atoms with E-state index in [9.17, 15) is 14.4 Å². The van der Waals surface area contributed by atoms with Crippen LogP contribution in [0.2, 0.25) is 0 Å². The maximum atomic E-state index is 12.3. The van der Waals surface area contributed by atoms with Gasteiger partial charge in [-0.25, -0.2) is 9.59 Å². The van der Waals surface area contributed by atoms with Crippen molar-refractivity contribution in [2.75, 3.05) is 38.3 Å². The molecule has 2 aliphatic rings. The average molecular weight is 287 g/mol. The number of amides is 3. The van der Waals surface area contributed by atoms with E-state index in [0.29, 0.717) is 31.1 Å². The molecule has 0 aliphatic carbocycles. The second-order valence-corrected chi connectivity index (χ2v) is 5.70. The number of hydrogen-bond acceptors (Lipinski definition) is 4. The average Bonchev–Trinajstić information content (AvgIpc) is 2.79. The zero-order chi connectivity index (χ0) is 14.0. The van der Waals surface area contributed by atoms with Gasteiger partial charge in [-0.2, -0.15) is 0 Å². The van der Waals surface area contributed by atoms with Gasteiger partial charge in [0.1, 0.15) is 12.6 Å². The summed E-state index contributed by atoms with van der Waals surface area (Å²) in [7, 11) is 1.71. The predicted molar refractivity (Wildman–Crippen MR) is 69.8 cm³/mol. The number of aliphatic carboxylic acids is 1. The molecule has 1 N–H and O–H groups in total. The van der Waals surface area contributed by atoms with E-state index < -0.39 is 12.0 Å². The molecule has 0 bridgehead atoms. The zero-order valence-electron chi connectivity index (χ0n) is 10.7. The van der Waals surface area contributed by atoms with E-state index in [1.54, 1.807) is 11.9 Å². The molecule has 2 saturated heterocycles. The first-order chi connectivity index (χ1) is 9.00. The van der Waals surface area contributed by atoms with Gasteiger partial charge in [0.25, 0.3) is 0 Å². The molecule has 8 heteroatoms. The highest BCUT2D eigenvalue weighted by Crippen LogP contribution is 2.23. The van der Waals surface area contributed by atoms with Crippen LogP contribution in [0.15, 0.2) is 0 Å². The highest BCUT2D eigenvalue weighted by molar-refractivity contribution is 7.99. The fraction of sp³-hybridized carbons (Fsp3) is 0.727. The maximum Gasteiger partial charge on any atom is 0.327 e. The summed E-state index contributed by atoms with van der Waals surface area (Å²) in [5.74, 6) is -0.319. The smallest absolute Gasteiger partial charge is 0.327 e. The number of carboxylic acids is 1. The summed E-state index contributed by atoms with van der Waals surface area (Å²) in [5.41, 5.74) is 0. The molecule has 2 rings (SSSR count). The Morgan fingerprint density at radius 2 is 2.11 bits per heavy atom. The van der Waals surface area contributed by atoms with Gasteiger partial charge in [0.05, 0.1) is 5.88 Å². The number of carbonyl (C=O) groups is 3. The Morgan fingerprint density at radius 3 is 2.79 bits per heavy atom. The third kappa shape index (κ3) is 2.94. The van der Waals surface area contributed by atoms with E-state index in [-0.39, 0.29) is 18.5 Å². The van der Waals surface area contributed by atoms with Crippen molar-refractivity contribution < 1.29 is 19.5 Å². The molecule has 19 heavy (non-hydrogen) atoms. The van der Waals surface area contributed by atoms with Crippen molar-refractivity contribution in [3.63, 3.8) is 0 Å². The van der Waals surface area contributed by atoms with Gasteiger partial charge in [-0.05, 0) is 6.42 Å². The molecule has 1 atom stereocenters. The van der Waals surface area contributed by atoms with Gasteiger partial charge in [-0.1, -0.05) is 0 Å². The minimum Gasteiger partial charge on any atom is -0.480 e. The molecule has 0 spiro atoms. The van der Waals surface area contributed by atoms with Crippen LogP contribution in [0.4, 0.5) is 4.79 Å². The lowest BCUT2D eigenvalue weighted by Crippen LogP contribution is -2.50. The third-order valence-corrected chi connectivity index (χ3v) is 4.37. The number of urea groups is 1. The molecule has 0 aromatic heterocycles. The van der Waals surface area contributed by atoms with Gasteiger partial charge in [0.15, 0.2) is 0 Å².